The highest BCUT2D eigenvalue weighted by Crippen LogP contribution is 2.20. The number of nitrogens with one attached hydrogen (secondary N) is 1. The van der Waals surface area contributed by atoms with Gasteiger partial charge in [-0.25, -0.2) is 9.18 Å². The maximum absolute atomic E-state index is 13.8. The molecule has 2 atom stereocenters. The fraction of sp³-hybridized carbons (Fsp3) is 0.529. The minimum absolute atomic E-state index is 0.00852. The van der Waals surface area contributed by atoms with Crippen molar-refractivity contribution in [1.29, 1.82) is 0 Å². The van der Waals surface area contributed by atoms with Crippen molar-refractivity contribution in [3.63, 3.8) is 0 Å². The van der Waals surface area contributed by atoms with Crippen LogP contribution in [0.25, 0.3) is 0 Å². The molecule has 1 N–H and O–H groups in total. The van der Waals surface area contributed by atoms with Crippen molar-refractivity contribution in [1.82, 2.24) is 10.2 Å². The Morgan fingerprint density at radius 3 is 2.62 bits per heavy atom. The lowest BCUT2D eigenvalue weighted by molar-refractivity contribution is -0.146. The average molecular weight is 359 g/mol. The van der Waals surface area contributed by atoms with Gasteiger partial charge >= 0.3 is 5.97 Å². The van der Waals surface area contributed by atoms with Crippen LogP contribution in [0.3, 0.4) is 0 Å². The monoisotopic (exact) mass is 358 g/mol. The molecule has 2 unspecified atom stereocenters. The molecule has 24 heavy (non-hydrogen) atoms. The van der Waals surface area contributed by atoms with Gasteiger partial charge in [-0.2, -0.15) is 0 Å². The summed E-state index contributed by atoms with van der Waals surface area (Å²) in [6, 6.07) is 3.76. The van der Waals surface area contributed by atoms with Gasteiger partial charge in [0, 0.05) is 17.1 Å². The van der Waals surface area contributed by atoms with E-state index in [4.69, 9.17) is 16.3 Å². The molecule has 0 aromatic heterocycles. The van der Waals surface area contributed by atoms with Crippen LogP contribution in [0.1, 0.15) is 25.8 Å². The van der Waals surface area contributed by atoms with E-state index in [1.54, 1.807) is 18.0 Å². The Hall–Kier alpha value is -1.66. The molecule has 1 amide bonds. The van der Waals surface area contributed by atoms with E-state index in [9.17, 15) is 14.0 Å². The van der Waals surface area contributed by atoms with Crippen molar-refractivity contribution in [2.24, 2.45) is 5.92 Å². The number of halogens is 2. The highest BCUT2D eigenvalue weighted by atomic mass is 35.5. The smallest absolute Gasteiger partial charge is 0.328 e. The number of hydrogen-bond donors (Lipinski definition) is 1. The van der Waals surface area contributed by atoms with Crippen LogP contribution in [0.5, 0.6) is 0 Å². The Kier molecular flexibility index (Phi) is 8.15. The molecule has 5 nitrogen and oxygen atoms in total. The molecule has 1 aromatic carbocycles. The summed E-state index contributed by atoms with van der Waals surface area (Å²) in [4.78, 5) is 25.6. The molecule has 1 aromatic rings. The number of likely N-dealkylation sites (N-methyl/N-ethyl adjacent to an activating group) is 1. The zero-order valence-electron chi connectivity index (χ0n) is 14.4. The molecule has 0 aliphatic carbocycles. The minimum Gasteiger partial charge on any atom is -0.467 e. The lowest BCUT2D eigenvalue weighted by Gasteiger charge is -2.24. The van der Waals surface area contributed by atoms with Crippen molar-refractivity contribution in [3.05, 3.63) is 34.6 Å². The summed E-state index contributed by atoms with van der Waals surface area (Å²) in [7, 11) is 2.97. The summed E-state index contributed by atoms with van der Waals surface area (Å²) in [5.74, 6) is -1.27. The third-order valence-electron chi connectivity index (χ3n) is 3.89. The van der Waals surface area contributed by atoms with Gasteiger partial charge in [-0.3, -0.25) is 9.69 Å². The molecule has 0 spiro atoms. The number of amides is 1. The second kappa shape index (κ2) is 9.59. The molecule has 0 bridgehead atoms. The molecule has 0 saturated heterocycles. The van der Waals surface area contributed by atoms with Crippen LogP contribution in [-0.2, 0) is 20.9 Å². The standard InChI is InChI=1S/C17H24ClFN2O3/c1-5-11(2)16(17(23)24-4)20-15(22)10-21(3)9-12-13(18)7-6-8-14(12)19/h6-8,11,16H,5,9-10H2,1-4H3,(H,20,22). The fourth-order valence-corrected chi connectivity index (χ4v) is 2.49. The summed E-state index contributed by atoms with van der Waals surface area (Å²) in [5, 5.41) is 3.00. The summed E-state index contributed by atoms with van der Waals surface area (Å²) in [6.45, 7) is 3.99. The highest BCUT2D eigenvalue weighted by Gasteiger charge is 2.27. The van der Waals surface area contributed by atoms with Crippen LogP contribution in [0.15, 0.2) is 18.2 Å². The van der Waals surface area contributed by atoms with Crippen LogP contribution in [0.2, 0.25) is 5.02 Å². The van der Waals surface area contributed by atoms with Crippen molar-refractivity contribution in [2.45, 2.75) is 32.9 Å². The lowest BCUT2D eigenvalue weighted by atomic mass is 9.99. The van der Waals surface area contributed by atoms with Crippen LogP contribution < -0.4 is 5.32 Å². The van der Waals surface area contributed by atoms with E-state index >= 15 is 0 Å². The topological polar surface area (TPSA) is 58.6 Å². The van der Waals surface area contributed by atoms with E-state index in [1.807, 2.05) is 13.8 Å². The van der Waals surface area contributed by atoms with E-state index < -0.39 is 17.8 Å². The molecular formula is C17H24ClFN2O3. The molecule has 0 heterocycles. The normalized spacial score (nSPS) is 13.5. The maximum Gasteiger partial charge on any atom is 0.328 e. The van der Waals surface area contributed by atoms with Crippen LogP contribution >= 0.6 is 11.6 Å². The van der Waals surface area contributed by atoms with Crippen molar-refractivity contribution in [2.75, 3.05) is 20.7 Å². The van der Waals surface area contributed by atoms with Gasteiger partial charge in [0.05, 0.1) is 13.7 Å². The number of methoxy groups -OCH3 is 1. The largest absolute Gasteiger partial charge is 0.467 e. The maximum atomic E-state index is 13.8. The zero-order chi connectivity index (χ0) is 18.3. The number of hydrogen-bond acceptors (Lipinski definition) is 4. The van der Waals surface area contributed by atoms with Gasteiger partial charge in [-0.15, -0.1) is 0 Å². The number of carbonyl (C=O) groups is 2. The molecule has 134 valence electrons. The van der Waals surface area contributed by atoms with Crippen molar-refractivity contribution >= 4 is 23.5 Å². The Bertz CT molecular complexity index is 563. The SMILES string of the molecule is CCC(C)C(NC(=O)CN(C)Cc1c(F)cccc1Cl)C(=O)OC. The van der Waals surface area contributed by atoms with Crippen molar-refractivity contribution < 1.29 is 18.7 Å². The summed E-state index contributed by atoms with van der Waals surface area (Å²) in [5.41, 5.74) is 0.334. The van der Waals surface area contributed by atoms with Crippen LogP contribution in [-0.4, -0.2) is 43.5 Å². The Morgan fingerprint density at radius 1 is 1.42 bits per heavy atom. The zero-order valence-corrected chi connectivity index (χ0v) is 15.2. The number of nitrogens with zero attached hydrogens (tertiary/aromatic N) is 1. The molecule has 0 fully saturated rings. The molecular weight excluding hydrogens is 335 g/mol. The Labute approximate surface area is 147 Å². The Morgan fingerprint density at radius 2 is 2.08 bits per heavy atom. The van der Waals surface area contributed by atoms with Gasteiger partial charge in [-0.05, 0) is 25.1 Å². The predicted octanol–water partition coefficient (Wildman–Crippen LogP) is 2.61. The molecule has 0 saturated carbocycles. The predicted molar refractivity (Wildman–Crippen MR) is 91.1 cm³/mol. The molecule has 0 aliphatic heterocycles. The van der Waals surface area contributed by atoms with E-state index in [-0.39, 0.29) is 24.9 Å². The molecule has 0 aliphatic rings. The van der Waals surface area contributed by atoms with E-state index in [2.05, 4.69) is 5.32 Å². The first kappa shape index (κ1) is 20.4. The Balaban J connectivity index is 2.67. The van der Waals surface area contributed by atoms with E-state index in [1.165, 1.54) is 19.2 Å². The lowest BCUT2D eigenvalue weighted by Crippen LogP contribution is -2.48. The second-order valence-electron chi connectivity index (χ2n) is 5.83. The molecule has 1 rings (SSSR count). The van der Waals surface area contributed by atoms with E-state index in [0.29, 0.717) is 10.6 Å². The third kappa shape index (κ3) is 5.76. The van der Waals surface area contributed by atoms with Crippen LogP contribution in [0.4, 0.5) is 4.39 Å². The fourth-order valence-electron chi connectivity index (χ4n) is 2.27. The van der Waals surface area contributed by atoms with Crippen LogP contribution in [0, 0.1) is 11.7 Å². The van der Waals surface area contributed by atoms with Gasteiger partial charge in [0.15, 0.2) is 0 Å². The molecule has 0 radical (unpaired) electrons. The summed E-state index contributed by atoms with van der Waals surface area (Å²) >= 11 is 5.99. The highest BCUT2D eigenvalue weighted by molar-refractivity contribution is 6.31. The minimum atomic E-state index is -0.696. The first-order valence-electron chi connectivity index (χ1n) is 7.78. The first-order valence-corrected chi connectivity index (χ1v) is 8.16. The number of rotatable bonds is 8. The summed E-state index contributed by atoms with van der Waals surface area (Å²) < 4.78 is 18.5. The van der Waals surface area contributed by atoms with Gasteiger partial charge in [-0.1, -0.05) is 37.9 Å². The third-order valence-corrected chi connectivity index (χ3v) is 4.24. The summed E-state index contributed by atoms with van der Waals surface area (Å²) in [6.07, 6.45) is 0.723. The van der Waals surface area contributed by atoms with Gasteiger partial charge in [0.25, 0.3) is 0 Å². The second-order valence-corrected chi connectivity index (χ2v) is 6.23. The number of benzene rings is 1. The first-order chi connectivity index (χ1) is 11.3. The van der Waals surface area contributed by atoms with E-state index in [0.717, 1.165) is 6.42 Å². The van der Waals surface area contributed by atoms with Crippen molar-refractivity contribution in [3.8, 4) is 0 Å². The van der Waals surface area contributed by atoms with Gasteiger partial charge in [0.1, 0.15) is 11.9 Å². The number of esters is 1. The quantitative estimate of drug-likeness (QED) is 0.726. The molecule has 7 heteroatoms. The van der Waals surface area contributed by atoms with Gasteiger partial charge < -0.3 is 10.1 Å². The number of ether oxygens (including phenoxy) is 1. The van der Waals surface area contributed by atoms with Gasteiger partial charge in [0.2, 0.25) is 5.91 Å². The number of carbonyl (C=O) groups excluding carboxylic acids is 2. The average Bonchev–Trinajstić information content (AvgIpc) is 2.54.